The Bertz CT molecular complexity index is 416. The lowest BCUT2D eigenvalue weighted by molar-refractivity contribution is -0.384. The second-order valence-electron chi connectivity index (χ2n) is 4.59. The number of nitrogens with one attached hydrogen (secondary N) is 2. The summed E-state index contributed by atoms with van der Waals surface area (Å²) in [5, 5.41) is 17.2. The molecule has 0 aliphatic carbocycles. The van der Waals surface area contributed by atoms with Crippen molar-refractivity contribution in [3.8, 4) is 0 Å². The average Bonchev–Trinajstić information content (AvgIpc) is 2.29. The molecular weight excluding hydrogens is 220 g/mol. The topological polar surface area (TPSA) is 80.1 Å². The van der Waals surface area contributed by atoms with E-state index in [2.05, 4.69) is 22.5 Å². The van der Waals surface area contributed by atoms with Crippen molar-refractivity contribution in [3.05, 3.63) is 28.4 Å². The smallest absolute Gasteiger partial charge is 0.274 e. The van der Waals surface area contributed by atoms with Gasteiger partial charge in [-0.25, -0.2) is 4.98 Å². The van der Waals surface area contributed by atoms with Crippen molar-refractivity contribution in [1.82, 2.24) is 10.3 Å². The Labute approximate surface area is 99.6 Å². The maximum atomic E-state index is 10.7. The number of rotatable bonds is 3. The van der Waals surface area contributed by atoms with Crippen molar-refractivity contribution in [2.75, 3.05) is 18.4 Å². The Kier molecular flexibility index (Phi) is 3.23. The summed E-state index contributed by atoms with van der Waals surface area (Å²) in [5.74, 6) is 0.573. The highest BCUT2D eigenvalue weighted by molar-refractivity contribution is 5.46. The van der Waals surface area contributed by atoms with Gasteiger partial charge in [0, 0.05) is 17.8 Å². The number of hydrogen-bond acceptors (Lipinski definition) is 5. The van der Waals surface area contributed by atoms with Crippen molar-refractivity contribution in [1.29, 1.82) is 0 Å². The summed E-state index contributed by atoms with van der Waals surface area (Å²) in [6, 6.07) is 2.88. The van der Waals surface area contributed by atoms with E-state index in [0.717, 1.165) is 25.9 Å². The lowest BCUT2D eigenvalue weighted by Crippen LogP contribution is -2.45. The molecule has 0 bridgehead atoms. The van der Waals surface area contributed by atoms with Crippen LogP contribution in [0.3, 0.4) is 0 Å². The van der Waals surface area contributed by atoms with Crippen molar-refractivity contribution >= 4 is 11.5 Å². The van der Waals surface area contributed by atoms with E-state index in [0.29, 0.717) is 5.82 Å². The standard InChI is InChI=1S/C11H16N4O2/c1-11(3-6-12-7-4-11)14-10-8-9(15(16)17)2-5-13-10/h2,5,8,12H,3-4,6-7H2,1H3,(H,13,14). The number of aromatic nitrogens is 1. The molecule has 1 aliphatic heterocycles. The highest BCUT2D eigenvalue weighted by atomic mass is 16.6. The lowest BCUT2D eigenvalue weighted by atomic mass is 9.90. The average molecular weight is 236 g/mol. The molecule has 6 heteroatoms. The molecule has 6 nitrogen and oxygen atoms in total. The van der Waals surface area contributed by atoms with E-state index < -0.39 is 4.92 Å². The van der Waals surface area contributed by atoms with E-state index in [-0.39, 0.29) is 11.2 Å². The summed E-state index contributed by atoms with van der Waals surface area (Å²) in [6.07, 6.45) is 3.43. The van der Waals surface area contributed by atoms with E-state index in [1.54, 1.807) is 0 Å². The van der Waals surface area contributed by atoms with E-state index in [1.807, 2.05) is 0 Å². The quantitative estimate of drug-likeness (QED) is 0.614. The van der Waals surface area contributed by atoms with Gasteiger partial charge in [0.05, 0.1) is 11.0 Å². The molecule has 1 aromatic rings. The molecule has 1 aromatic heterocycles. The molecule has 2 heterocycles. The van der Waals surface area contributed by atoms with Gasteiger partial charge >= 0.3 is 0 Å². The molecule has 0 atom stereocenters. The molecule has 17 heavy (non-hydrogen) atoms. The fraction of sp³-hybridized carbons (Fsp3) is 0.545. The van der Waals surface area contributed by atoms with E-state index in [9.17, 15) is 10.1 Å². The Morgan fingerprint density at radius 3 is 2.88 bits per heavy atom. The first-order valence-electron chi connectivity index (χ1n) is 5.68. The molecule has 0 amide bonds. The monoisotopic (exact) mass is 236 g/mol. The van der Waals surface area contributed by atoms with Gasteiger partial charge in [0.25, 0.3) is 5.69 Å². The summed E-state index contributed by atoms with van der Waals surface area (Å²) < 4.78 is 0. The van der Waals surface area contributed by atoms with Crippen molar-refractivity contribution in [2.45, 2.75) is 25.3 Å². The third kappa shape index (κ3) is 2.91. The van der Waals surface area contributed by atoms with Crippen LogP contribution in [0.2, 0.25) is 0 Å². The highest BCUT2D eigenvalue weighted by Crippen LogP contribution is 2.24. The molecule has 1 fully saturated rings. The maximum absolute atomic E-state index is 10.7. The van der Waals surface area contributed by atoms with Crippen LogP contribution in [0.1, 0.15) is 19.8 Å². The molecule has 92 valence electrons. The van der Waals surface area contributed by atoms with Crippen LogP contribution < -0.4 is 10.6 Å². The first-order valence-corrected chi connectivity index (χ1v) is 5.68. The van der Waals surface area contributed by atoms with Crippen LogP contribution in [0.15, 0.2) is 18.3 Å². The SMILES string of the molecule is CC1(Nc2cc([N+](=O)[O-])ccn2)CCNCC1. The van der Waals surface area contributed by atoms with Crippen LogP contribution in [0.5, 0.6) is 0 Å². The van der Waals surface area contributed by atoms with Gasteiger partial charge < -0.3 is 10.6 Å². The fourth-order valence-corrected chi connectivity index (χ4v) is 2.01. The number of nitro groups is 1. The minimum atomic E-state index is -0.405. The predicted molar refractivity (Wildman–Crippen MR) is 65.0 cm³/mol. The molecule has 1 aliphatic rings. The van der Waals surface area contributed by atoms with E-state index >= 15 is 0 Å². The Morgan fingerprint density at radius 2 is 2.24 bits per heavy atom. The van der Waals surface area contributed by atoms with Crippen LogP contribution in [0.4, 0.5) is 11.5 Å². The number of piperidine rings is 1. The molecule has 0 spiro atoms. The molecular formula is C11H16N4O2. The molecule has 0 aromatic carbocycles. The van der Waals surface area contributed by atoms with Crippen LogP contribution >= 0.6 is 0 Å². The predicted octanol–water partition coefficient (Wildman–Crippen LogP) is 1.54. The van der Waals surface area contributed by atoms with Gasteiger partial charge in [0.2, 0.25) is 0 Å². The molecule has 2 N–H and O–H groups in total. The number of anilines is 1. The summed E-state index contributed by atoms with van der Waals surface area (Å²) >= 11 is 0. The molecule has 0 saturated carbocycles. The van der Waals surface area contributed by atoms with Gasteiger partial charge in [-0.3, -0.25) is 10.1 Å². The van der Waals surface area contributed by atoms with Gasteiger partial charge in [0.1, 0.15) is 5.82 Å². The normalized spacial score (nSPS) is 18.6. The third-order valence-electron chi connectivity index (χ3n) is 3.09. The molecule has 0 unspecified atom stereocenters. The summed E-state index contributed by atoms with van der Waals surface area (Å²) in [5.41, 5.74) is 0.0352. The van der Waals surface area contributed by atoms with Gasteiger partial charge in [-0.05, 0) is 32.9 Å². The minimum Gasteiger partial charge on any atom is -0.365 e. The Balaban J connectivity index is 2.12. The summed E-state index contributed by atoms with van der Waals surface area (Å²) in [6.45, 7) is 4.03. The summed E-state index contributed by atoms with van der Waals surface area (Å²) in [4.78, 5) is 14.4. The zero-order chi connectivity index (χ0) is 12.3. The lowest BCUT2D eigenvalue weighted by Gasteiger charge is -2.35. The van der Waals surface area contributed by atoms with Gasteiger partial charge in [-0.2, -0.15) is 0 Å². The van der Waals surface area contributed by atoms with Crippen LogP contribution in [-0.2, 0) is 0 Å². The van der Waals surface area contributed by atoms with E-state index in [1.165, 1.54) is 18.3 Å². The second-order valence-corrected chi connectivity index (χ2v) is 4.59. The zero-order valence-corrected chi connectivity index (χ0v) is 9.77. The maximum Gasteiger partial charge on any atom is 0.274 e. The summed E-state index contributed by atoms with van der Waals surface area (Å²) in [7, 11) is 0. The number of hydrogen-bond donors (Lipinski definition) is 2. The first-order chi connectivity index (χ1) is 8.09. The first kappa shape index (κ1) is 11.8. The highest BCUT2D eigenvalue weighted by Gasteiger charge is 2.27. The van der Waals surface area contributed by atoms with Crippen LogP contribution in [-0.4, -0.2) is 28.5 Å². The Hall–Kier alpha value is -1.69. The van der Waals surface area contributed by atoms with Gasteiger partial charge in [0.15, 0.2) is 0 Å². The van der Waals surface area contributed by atoms with Gasteiger partial charge in [-0.15, -0.1) is 0 Å². The third-order valence-corrected chi connectivity index (χ3v) is 3.09. The van der Waals surface area contributed by atoms with E-state index in [4.69, 9.17) is 0 Å². The van der Waals surface area contributed by atoms with Gasteiger partial charge in [-0.1, -0.05) is 0 Å². The largest absolute Gasteiger partial charge is 0.365 e. The van der Waals surface area contributed by atoms with Crippen molar-refractivity contribution in [2.24, 2.45) is 0 Å². The van der Waals surface area contributed by atoms with Crippen LogP contribution in [0.25, 0.3) is 0 Å². The minimum absolute atomic E-state index is 0.0343. The fourth-order valence-electron chi connectivity index (χ4n) is 2.01. The van der Waals surface area contributed by atoms with Crippen molar-refractivity contribution in [3.63, 3.8) is 0 Å². The van der Waals surface area contributed by atoms with Crippen LogP contribution in [0, 0.1) is 10.1 Å². The molecule has 2 rings (SSSR count). The Morgan fingerprint density at radius 1 is 1.53 bits per heavy atom. The number of pyridine rings is 1. The number of nitrogens with zero attached hydrogens (tertiary/aromatic N) is 2. The molecule has 0 radical (unpaired) electrons. The van der Waals surface area contributed by atoms with Crippen molar-refractivity contribution < 1.29 is 4.92 Å². The second kappa shape index (κ2) is 4.67. The zero-order valence-electron chi connectivity index (χ0n) is 9.77. The molecule has 1 saturated heterocycles.